The molecule has 1 fully saturated rings. The molecule has 90 valence electrons. The van der Waals surface area contributed by atoms with Crippen molar-refractivity contribution in [2.45, 2.75) is 45.3 Å². The van der Waals surface area contributed by atoms with Crippen molar-refractivity contribution < 1.29 is 9.26 Å². The van der Waals surface area contributed by atoms with Crippen molar-refractivity contribution in [1.82, 2.24) is 15.5 Å². The third-order valence-corrected chi connectivity index (χ3v) is 2.79. The Bertz CT molecular complexity index is 308. The third kappa shape index (κ3) is 3.57. The van der Waals surface area contributed by atoms with Crippen molar-refractivity contribution >= 4 is 0 Å². The SMILES string of the molecule is Cc1nc(CNCCOC2CCCC2)no1. The van der Waals surface area contributed by atoms with E-state index in [9.17, 15) is 0 Å². The second-order valence-electron chi connectivity index (χ2n) is 4.18. The maximum absolute atomic E-state index is 5.72. The lowest BCUT2D eigenvalue weighted by atomic mass is 10.3. The van der Waals surface area contributed by atoms with Gasteiger partial charge in [-0.15, -0.1) is 0 Å². The molecular formula is C11H19N3O2. The first-order chi connectivity index (χ1) is 7.84. The molecule has 1 aromatic rings. The van der Waals surface area contributed by atoms with Crippen LogP contribution in [0.2, 0.25) is 0 Å². The molecule has 1 saturated carbocycles. The fourth-order valence-corrected chi connectivity index (χ4v) is 1.97. The molecule has 0 radical (unpaired) electrons. The largest absolute Gasteiger partial charge is 0.377 e. The summed E-state index contributed by atoms with van der Waals surface area (Å²) in [6.45, 7) is 4.04. The van der Waals surface area contributed by atoms with Gasteiger partial charge < -0.3 is 14.6 Å². The summed E-state index contributed by atoms with van der Waals surface area (Å²) in [5.41, 5.74) is 0. The fraction of sp³-hybridized carbons (Fsp3) is 0.818. The summed E-state index contributed by atoms with van der Waals surface area (Å²) < 4.78 is 10.6. The maximum Gasteiger partial charge on any atom is 0.223 e. The van der Waals surface area contributed by atoms with Gasteiger partial charge in [0.25, 0.3) is 0 Å². The van der Waals surface area contributed by atoms with E-state index in [0.29, 0.717) is 24.4 Å². The van der Waals surface area contributed by atoms with Gasteiger partial charge in [-0.3, -0.25) is 0 Å². The maximum atomic E-state index is 5.72. The van der Waals surface area contributed by atoms with E-state index >= 15 is 0 Å². The molecule has 0 bridgehead atoms. The molecule has 1 N–H and O–H groups in total. The van der Waals surface area contributed by atoms with E-state index in [-0.39, 0.29) is 0 Å². The molecule has 0 amide bonds. The van der Waals surface area contributed by atoms with E-state index in [1.807, 2.05) is 0 Å². The number of hydrogen-bond acceptors (Lipinski definition) is 5. The summed E-state index contributed by atoms with van der Waals surface area (Å²) in [5.74, 6) is 1.32. The van der Waals surface area contributed by atoms with Gasteiger partial charge in [-0.1, -0.05) is 18.0 Å². The summed E-state index contributed by atoms with van der Waals surface area (Å²) >= 11 is 0. The average molecular weight is 225 g/mol. The Morgan fingerprint density at radius 2 is 2.25 bits per heavy atom. The highest BCUT2D eigenvalue weighted by Gasteiger charge is 2.14. The van der Waals surface area contributed by atoms with Crippen LogP contribution in [0, 0.1) is 6.92 Å². The standard InChI is InChI=1S/C11H19N3O2/c1-9-13-11(14-16-9)8-12-6-7-15-10-4-2-3-5-10/h10,12H,2-8H2,1H3. The summed E-state index contributed by atoms with van der Waals surface area (Å²) in [6, 6.07) is 0. The molecule has 0 atom stereocenters. The molecule has 1 aliphatic carbocycles. The molecular weight excluding hydrogens is 206 g/mol. The van der Waals surface area contributed by atoms with Crippen molar-refractivity contribution in [3.05, 3.63) is 11.7 Å². The van der Waals surface area contributed by atoms with Crippen LogP contribution in [0.25, 0.3) is 0 Å². The zero-order valence-corrected chi connectivity index (χ0v) is 9.74. The van der Waals surface area contributed by atoms with Crippen molar-refractivity contribution in [3.8, 4) is 0 Å². The van der Waals surface area contributed by atoms with Gasteiger partial charge in [0.2, 0.25) is 5.89 Å². The highest BCUT2D eigenvalue weighted by atomic mass is 16.5. The number of hydrogen-bond donors (Lipinski definition) is 1. The van der Waals surface area contributed by atoms with Crippen LogP contribution >= 0.6 is 0 Å². The first kappa shape index (κ1) is 11.5. The van der Waals surface area contributed by atoms with Crippen LogP contribution in [0.1, 0.15) is 37.4 Å². The molecule has 0 aromatic carbocycles. The van der Waals surface area contributed by atoms with E-state index in [1.54, 1.807) is 6.92 Å². The molecule has 0 spiro atoms. The number of nitrogens with zero attached hydrogens (tertiary/aromatic N) is 2. The zero-order valence-electron chi connectivity index (χ0n) is 9.74. The van der Waals surface area contributed by atoms with Gasteiger partial charge >= 0.3 is 0 Å². The van der Waals surface area contributed by atoms with Crippen LogP contribution in [-0.2, 0) is 11.3 Å². The van der Waals surface area contributed by atoms with Gasteiger partial charge in [0.05, 0.1) is 19.3 Å². The number of ether oxygens (including phenoxy) is 1. The van der Waals surface area contributed by atoms with E-state index in [2.05, 4.69) is 15.5 Å². The summed E-state index contributed by atoms with van der Waals surface area (Å²) in [5, 5.41) is 7.03. The minimum absolute atomic E-state index is 0.495. The van der Waals surface area contributed by atoms with Gasteiger partial charge in [-0.25, -0.2) is 0 Å². The van der Waals surface area contributed by atoms with Gasteiger partial charge in [0.1, 0.15) is 0 Å². The zero-order chi connectivity index (χ0) is 11.2. The van der Waals surface area contributed by atoms with Gasteiger partial charge in [0.15, 0.2) is 5.82 Å². The molecule has 5 nitrogen and oxygen atoms in total. The molecule has 0 unspecified atom stereocenters. The smallest absolute Gasteiger partial charge is 0.223 e. The summed E-state index contributed by atoms with van der Waals surface area (Å²) in [7, 11) is 0. The van der Waals surface area contributed by atoms with Crippen molar-refractivity contribution in [2.75, 3.05) is 13.2 Å². The number of rotatable bonds is 6. The Labute approximate surface area is 95.6 Å². The first-order valence-electron chi connectivity index (χ1n) is 5.96. The van der Waals surface area contributed by atoms with Gasteiger partial charge in [-0.05, 0) is 12.8 Å². The fourth-order valence-electron chi connectivity index (χ4n) is 1.97. The lowest BCUT2D eigenvalue weighted by molar-refractivity contribution is 0.0602. The normalized spacial score (nSPS) is 17.1. The predicted octanol–water partition coefficient (Wildman–Crippen LogP) is 1.43. The monoisotopic (exact) mass is 225 g/mol. The van der Waals surface area contributed by atoms with Crippen LogP contribution < -0.4 is 5.32 Å². The molecule has 2 rings (SSSR count). The third-order valence-electron chi connectivity index (χ3n) is 2.79. The van der Waals surface area contributed by atoms with E-state index < -0.39 is 0 Å². The average Bonchev–Trinajstić information content (AvgIpc) is 2.89. The van der Waals surface area contributed by atoms with Crippen LogP contribution in [0.3, 0.4) is 0 Å². The van der Waals surface area contributed by atoms with Crippen LogP contribution in [0.4, 0.5) is 0 Å². The molecule has 16 heavy (non-hydrogen) atoms. The number of aromatic nitrogens is 2. The number of aryl methyl sites for hydroxylation is 1. The Kier molecular flexibility index (Phi) is 4.30. The molecule has 1 aliphatic rings. The van der Waals surface area contributed by atoms with E-state index in [4.69, 9.17) is 9.26 Å². The van der Waals surface area contributed by atoms with Crippen molar-refractivity contribution in [1.29, 1.82) is 0 Å². The van der Waals surface area contributed by atoms with Crippen LogP contribution in [0.15, 0.2) is 4.52 Å². The first-order valence-corrected chi connectivity index (χ1v) is 5.96. The van der Waals surface area contributed by atoms with Crippen LogP contribution in [0.5, 0.6) is 0 Å². The summed E-state index contributed by atoms with van der Waals surface area (Å²) in [6.07, 6.45) is 5.59. The molecule has 0 aliphatic heterocycles. The highest BCUT2D eigenvalue weighted by Crippen LogP contribution is 2.20. The highest BCUT2D eigenvalue weighted by molar-refractivity contribution is 4.82. The quantitative estimate of drug-likeness (QED) is 0.742. The Morgan fingerprint density at radius 3 is 2.94 bits per heavy atom. The summed E-state index contributed by atoms with van der Waals surface area (Å²) in [4.78, 5) is 4.10. The minimum Gasteiger partial charge on any atom is -0.377 e. The van der Waals surface area contributed by atoms with Gasteiger partial charge in [0, 0.05) is 13.5 Å². The second kappa shape index (κ2) is 5.96. The molecule has 1 aromatic heterocycles. The van der Waals surface area contributed by atoms with E-state index in [1.165, 1.54) is 25.7 Å². The number of nitrogens with one attached hydrogen (secondary N) is 1. The molecule has 0 saturated heterocycles. The Balaban J connectivity index is 1.51. The minimum atomic E-state index is 0.495. The lowest BCUT2D eigenvalue weighted by Gasteiger charge is -2.10. The topological polar surface area (TPSA) is 60.2 Å². The second-order valence-corrected chi connectivity index (χ2v) is 4.18. The van der Waals surface area contributed by atoms with Crippen molar-refractivity contribution in [2.24, 2.45) is 0 Å². The van der Waals surface area contributed by atoms with Crippen LogP contribution in [-0.4, -0.2) is 29.4 Å². The van der Waals surface area contributed by atoms with E-state index in [0.717, 1.165) is 13.2 Å². The molecule has 5 heteroatoms. The Hall–Kier alpha value is -0.940. The predicted molar refractivity (Wildman–Crippen MR) is 58.9 cm³/mol. The van der Waals surface area contributed by atoms with Crippen molar-refractivity contribution in [3.63, 3.8) is 0 Å². The lowest BCUT2D eigenvalue weighted by Crippen LogP contribution is -2.22. The van der Waals surface area contributed by atoms with Gasteiger partial charge in [-0.2, -0.15) is 4.98 Å². The molecule has 1 heterocycles. The Morgan fingerprint density at radius 1 is 1.44 bits per heavy atom.